The van der Waals surface area contributed by atoms with E-state index in [1.54, 1.807) is 0 Å². The van der Waals surface area contributed by atoms with Crippen LogP contribution in [0, 0.1) is 28.6 Å². The summed E-state index contributed by atoms with van der Waals surface area (Å²) in [6.45, 7) is 6.69. The molecule has 138 valence electrons. The summed E-state index contributed by atoms with van der Waals surface area (Å²) in [5.74, 6) is 2.41. The summed E-state index contributed by atoms with van der Waals surface area (Å²) in [6.07, 6.45) is 11.3. The van der Waals surface area contributed by atoms with Gasteiger partial charge in [0.15, 0.2) is 5.78 Å². The molecule has 3 fully saturated rings. The van der Waals surface area contributed by atoms with E-state index in [2.05, 4.69) is 13.8 Å². The Kier molecular flexibility index (Phi) is 4.12. The fourth-order valence-corrected chi connectivity index (χ4v) is 6.95. The van der Waals surface area contributed by atoms with Crippen molar-refractivity contribution in [3.63, 3.8) is 0 Å². The lowest BCUT2D eigenvalue weighted by Crippen LogP contribution is -2.51. The van der Waals surface area contributed by atoms with Gasteiger partial charge in [0, 0.05) is 18.3 Å². The van der Waals surface area contributed by atoms with Crippen LogP contribution in [0.4, 0.5) is 0 Å². The third-order valence-corrected chi connectivity index (χ3v) is 8.44. The maximum Gasteiger partial charge on any atom is 0.305 e. The Morgan fingerprint density at radius 1 is 1.12 bits per heavy atom. The first-order valence-corrected chi connectivity index (χ1v) is 10.3. The maximum absolute atomic E-state index is 11.9. The van der Waals surface area contributed by atoms with Crippen molar-refractivity contribution in [1.82, 2.24) is 0 Å². The molecular formula is C22H32O3. The third-order valence-electron chi connectivity index (χ3n) is 8.44. The monoisotopic (exact) mass is 344 g/mol. The Morgan fingerprint density at radius 2 is 1.92 bits per heavy atom. The van der Waals surface area contributed by atoms with Crippen molar-refractivity contribution in [3.05, 3.63) is 11.6 Å². The standard InChI is InChI=1S/C22H32O3/c1-4-20(24)25-19-8-7-17-16-6-5-14-13-15(23)9-11-21(14,2)18(16)10-12-22(17,19)3/h13,16-19H,4-12H2,1-3H3/t16-,17?,18?,19?,21?,22?/m0/s1. The molecule has 0 aromatic heterocycles. The average molecular weight is 344 g/mol. The molecule has 4 rings (SSSR count). The predicted molar refractivity (Wildman–Crippen MR) is 96.9 cm³/mol. The SMILES string of the molecule is CCC(=O)OC1CCC2[C@@H]3CCC4=CC(=O)CCC4(C)C3CCC12C. The molecule has 4 aliphatic carbocycles. The van der Waals surface area contributed by atoms with E-state index in [1.807, 2.05) is 13.0 Å². The fraction of sp³-hybridized carbons (Fsp3) is 0.818. The van der Waals surface area contributed by atoms with E-state index in [9.17, 15) is 9.59 Å². The van der Waals surface area contributed by atoms with Gasteiger partial charge in [-0.15, -0.1) is 0 Å². The second-order valence-corrected chi connectivity index (χ2v) is 9.42. The van der Waals surface area contributed by atoms with Crippen molar-refractivity contribution in [3.8, 4) is 0 Å². The second kappa shape index (κ2) is 5.96. The predicted octanol–water partition coefficient (Wildman–Crippen LogP) is 4.84. The van der Waals surface area contributed by atoms with Crippen LogP contribution in [0.15, 0.2) is 11.6 Å². The van der Waals surface area contributed by atoms with Crippen LogP contribution in [-0.2, 0) is 14.3 Å². The van der Waals surface area contributed by atoms with Gasteiger partial charge in [0.2, 0.25) is 0 Å². The lowest BCUT2D eigenvalue weighted by atomic mass is 9.47. The first kappa shape index (κ1) is 17.3. The second-order valence-electron chi connectivity index (χ2n) is 9.42. The molecule has 3 saturated carbocycles. The van der Waals surface area contributed by atoms with E-state index >= 15 is 0 Å². The van der Waals surface area contributed by atoms with E-state index in [0.717, 1.165) is 38.0 Å². The van der Waals surface area contributed by atoms with Gasteiger partial charge in [-0.3, -0.25) is 9.59 Å². The topological polar surface area (TPSA) is 43.4 Å². The molecule has 0 aromatic carbocycles. The minimum atomic E-state index is -0.0411. The molecule has 0 radical (unpaired) electrons. The van der Waals surface area contributed by atoms with Gasteiger partial charge >= 0.3 is 5.97 Å². The Morgan fingerprint density at radius 3 is 2.68 bits per heavy atom. The van der Waals surface area contributed by atoms with Gasteiger partial charge in [-0.05, 0) is 74.2 Å². The third kappa shape index (κ3) is 2.52. The minimum Gasteiger partial charge on any atom is -0.462 e. The molecule has 5 unspecified atom stereocenters. The molecule has 25 heavy (non-hydrogen) atoms. The zero-order valence-electron chi connectivity index (χ0n) is 16.0. The zero-order valence-corrected chi connectivity index (χ0v) is 16.0. The number of ether oxygens (including phenoxy) is 1. The molecule has 0 saturated heterocycles. The highest BCUT2D eigenvalue weighted by atomic mass is 16.5. The summed E-state index contributed by atoms with van der Waals surface area (Å²) in [7, 11) is 0. The largest absolute Gasteiger partial charge is 0.462 e. The van der Waals surface area contributed by atoms with Crippen LogP contribution in [0.1, 0.15) is 78.6 Å². The van der Waals surface area contributed by atoms with Crippen molar-refractivity contribution >= 4 is 11.8 Å². The summed E-state index contributed by atoms with van der Waals surface area (Å²) in [6, 6.07) is 0. The summed E-state index contributed by atoms with van der Waals surface area (Å²) < 4.78 is 5.86. The molecule has 0 aliphatic heterocycles. The van der Waals surface area contributed by atoms with Gasteiger partial charge in [-0.2, -0.15) is 0 Å². The van der Waals surface area contributed by atoms with Crippen molar-refractivity contribution in [1.29, 1.82) is 0 Å². The Labute approximate surface area is 151 Å². The number of hydrogen-bond donors (Lipinski definition) is 0. The molecule has 6 atom stereocenters. The van der Waals surface area contributed by atoms with Crippen LogP contribution in [0.2, 0.25) is 0 Å². The highest BCUT2D eigenvalue weighted by Crippen LogP contribution is 2.65. The lowest BCUT2D eigenvalue weighted by molar-refractivity contribution is -0.159. The van der Waals surface area contributed by atoms with E-state index in [1.165, 1.54) is 24.8 Å². The van der Waals surface area contributed by atoms with Gasteiger partial charge in [0.25, 0.3) is 0 Å². The minimum absolute atomic E-state index is 0.0411. The molecule has 0 N–H and O–H groups in total. The number of esters is 1. The molecular weight excluding hydrogens is 312 g/mol. The average Bonchev–Trinajstić information content (AvgIpc) is 2.92. The highest BCUT2D eigenvalue weighted by molar-refractivity contribution is 5.91. The smallest absolute Gasteiger partial charge is 0.305 e. The number of allylic oxidation sites excluding steroid dienone is 1. The van der Waals surface area contributed by atoms with Gasteiger partial charge in [-0.25, -0.2) is 0 Å². The first-order valence-electron chi connectivity index (χ1n) is 10.3. The number of hydrogen-bond acceptors (Lipinski definition) is 3. The molecule has 0 bridgehead atoms. The van der Waals surface area contributed by atoms with E-state index in [-0.39, 0.29) is 22.9 Å². The summed E-state index contributed by atoms with van der Waals surface area (Å²) in [4.78, 5) is 23.8. The lowest BCUT2D eigenvalue weighted by Gasteiger charge is -2.57. The summed E-state index contributed by atoms with van der Waals surface area (Å²) >= 11 is 0. The number of carbonyl (C=O) groups excluding carboxylic acids is 2. The van der Waals surface area contributed by atoms with E-state index in [0.29, 0.717) is 24.0 Å². The molecule has 0 aromatic rings. The van der Waals surface area contributed by atoms with Crippen molar-refractivity contribution < 1.29 is 14.3 Å². The van der Waals surface area contributed by atoms with Crippen LogP contribution in [0.5, 0.6) is 0 Å². The number of carbonyl (C=O) groups is 2. The van der Waals surface area contributed by atoms with Gasteiger partial charge in [-0.1, -0.05) is 26.3 Å². The van der Waals surface area contributed by atoms with Crippen LogP contribution in [-0.4, -0.2) is 17.9 Å². The van der Waals surface area contributed by atoms with Gasteiger partial charge in [0.1, 0.15) is 6.10 Å². The number of rotatable bonds is 2. The first-order chi connectivity index (χ1) is 11.9. The van der Waals surface area contributed by atoms with Crippen molar-refractivity contribution in [2.24, 2.45) is 28.6 Å². The van der Waals surface area contributed by atoms with Crippen LogP contribution in [0.25, 0.3) is 0 Å². The zero-order chi connectivity index (χ0) is 17.8. The molecule has 3 nitrogen and oxygen atoms in total. The summed E-state index contributed by atoms with van der Waals surface area (Å²) in [5, 5.41) is 0. The molecule has 4 aliphatic rings. The quantitative estimate of drug-likeness (QED) is 0.673. The fourth-order valence-electron chi connectivity index (χ4n) is 6.95. The summed E-state index contributed by atoms with van der Waals surface area (Å²) in [5.41, 5.74) is 1.82. The highest BCUT2D eigenvalue weighted by Gasteiger charge is 2.59. The maximum atomic E-state index is 11.9. The number of fused-ring (bicyclic) bond motifs is 5. The normalized spacial score (nSPS) is 45.9. The van der Waals surface area contributed by atoms with E-state index < -0.39 is 0 Å². The molecule has 0 amide bonds. The van der Waals surface area contributed by atoms with Crippen LogP contribution < -0.4 is 0 Å². The van der Waals surface area contributed by atoms with Crippen LogP contribution >= 0.6 is 0 Å². The molecule has 0 spiro atoms. The molecule has 3 heteroatoms. The Balaban J connectivity index is 1.59. The Hall–Kier alpha value is -1.12. The molecule has 0 heterocycles. The number of ketones is 1. The van der Waals surface area contributed by atoms with Crippen molar-refractivity contribution in [2.45, 2.75) is 84.7 Å². The Bertz CT molecular complexity index is 621. The van der Waals surface area contributed by atoms with Gasteiger partial charge in [0.05, 0.1) is 0 Å². The van der Waals surface area contributed by atoms with Crippen molar-refractivity contribution in [2.75, 3.05) is 0 Å². The van der Waals surface area contributed by atoms with E-state index in [4.69, 9.17) is 4.74 Å². The van der Waals surface area contributed by atoms with Gasteiger partial charge < -0.3 is 4.74 Å². The van der Waals surface area contributed by atoms with Crippen LogP contribution in [0.3, 0.4) is 0 Å².